The Labute approximate surface area is 393 Å². The molecule has 0 aromatic carbocycles. The highest BCUT2D eigenvalue weighted by molar-refractivity contribution is 5.80. The summed E-state index contributed by atoms with van der Waals surface area (Å²) in [7, 11) is 0. The molecule has 4 unspecified atom stereocenters. The Hall–Kier alpha value is -0.950. The molecule has 0 saturated heterocycles. The van der Waals surface area contributed by atoms with E-state index in [2.05, 4.69) is 31.3 Å². The van der Waals surface area contributed by atoms with Crippen LogP contribution in [0.25, 0.3) is 0 Å². The summed E-state index contributed by atoms with van der Waals surface area (Å²) in [5.41, 5.74) is 0. The molecule has 4 atom stereocenters. The summed E-state index contributed by atoms with van der Waals surface area (Å²) in [6.07, 6.45) is 61.8. The minimum absolute atomic E-state index is 0.368. The van der Waals surface area contributed by atoms with Crippen molar-refractivity contribution in [3.05, 3.63) is 12.2 Å². The summed E-state index contributed by atoms with van der Waals surface area (Å²) < 4.78 is 0. The van der Waals surface area contributed by atoms with Crippen LogP contribution in [0, 0.1) is 0 Å². The van der Waals surface area contributed by atoms with E-state index in [0.29, 0.717) is 12.8 Å². The van der Waals surface area contributed by atoms with Crippen LogP contribution < -0.4 is 5.32 Å². The van der Waals surface area contributed by atoms with Crippen molar-refractivity contribution < 1.29 is 25.2 Å². The van der Waals surface area contributed by atoms with Gasteiger partial charge in [-0.25, -0.2) is 0 Å². The second-order valence-electron chi connectivity index (χ2n) is 20.0. The van der Waals surface area contributed by atoms with Gasteiger partial charge in [0.15, 0.2) is 0 Å². The van der Waals surface area contributed by atoms with Gasteiger partial charge in [0.1, 0.15) is 12.2 Å². The summed E-state index contributed by atoms with van der Waals surface area (Å²) in [5, 5.41) is 43.7. The SMILES string of the molecule is CCCCCCCC/C=C/CCCC(O)C(O)C(CO)NC(=O)C(O)CCCCCCCCCCCCCCCCCCCCCCCCCCCCCCCCCCCCCC. The van der Waals surface area contributed by atoms with E-state index in [4.69, 9.17) is 0 Å². The lowest BCUT2D eigenvalue weighted by Crippen LogP contribution is -2.53. The molecule has 0 aromatic heterocycles. The fraction of sp³-hybridized carbons (Fsp3) is 0.947. The van der Waals surface area contributed by atoms with Gasteiger partial charge in [-0.2, -0.15) is 0 Å². The van der Waals surface area contributed by atoms with E-state index in [1.165, 1.54) is 250 Å². The predicted octanol–water partition coefficient (Wildman–Crippen LogP) is 16.5. The summed E-state index contributed by atoms with van der Waals surface area (Å²) in [4.78, 5) is 12.5. The largest absolute Gasteiger partial charge is 0.394 e. The highest BCUT2D eigenvalue weighted by Crippen LogP contribution is 2.18. The molecule has 0 rings (SSSR count). The van der Waals surface area contributed by atoms with E-state index >= 15 is 0 Å². The first-order valence-corrected chi connectivity index (χ1v) is 28.6. The van der Waals surface area contributed by atoms with Gasteiger partial charge in [-0.15, -0.1) is 0 Å². The lowest BCUT2D eigenvalue weighted by molar-refractivity contribution is -0.132. The third-order valence-corrected chi connectivity index (χ3v) is 13.7. The molecule has 1 amide bonds. The van der Waals surface area contributed by atoms with Gasteiger partial charge in [0.25, 0.3) is 0 Å². The Bertz CT molecular complexity index is 913. The molecule has 63 heavy (non-hydrogen) atoms. The zero-order valence-corrected chi connectivity index (χ0v) is 42.6. The van der Waals surface area contributed by atoms with Crippen molar-refractivity contribution in [2.24, 2.45) is 0 Å². The van der Waals surface area contributed by atoms with Gasteiger partial charge >= 0.3 is 0 Å². The van der Waals surface area contributed by atoms with Crippen LogP contribution in [0.2, 0.25) is 0 Å². The molecule has 5 N–H and O–H groups in total. The normalized spacial score (nSPS) is 13.8. The Morgan fingerprint density at radius 2 is 0.651 bits per heavy atom. The Kier molecular flexibility index (Phi) is 51.2. The molecule has 0 aromatic rings. The fourth-order valence-electron chi connectivity index (χ4n) is 9.23. The van der Waals surface area contributed by atoms with Gasteiger partial charge in [-0.1, -0.05) is 289 Å². The molecule has 0 aliphatic carbocycles. The zero-order valence-electron chi connectivity index (χ0n) is 42.6. The van der Waals surface area contributed by atoms with Crippen molar-refractivity contribution in [3.8, 4) is 0 Å². The topological polar surface area (TPSA) is 110 Å². The Morgan fingerprint density at radius 3 is 0.952 bits per heavy atom. The van der Waals surface area contributed by atoms with Crippen molar-refractivity contribution in [1.29, 1.82) is 0 Å². The maximum absolute atomic E-state index is 12.5. The standard InChI is InChI=1S/C57H113NO5/c1-3-5-7-9-11-13-15-16-17-18-19-20-21-22-23-24-25-26-27-28-29-30-31-32-33-34-35-36-37-38-39-41-43-45-47-49-51-55(61)57(63)58-53(52-59)56(62)54(60)50-48-46-44-42-40-14-12-10-8-6-4-2/h42,44,53-56,59-62H,3-41,43,45-52H2,1-2H3,(H,58,63)/b44-42+. The first kappa shape index (κ1) is 62.1. The molecule has 0 fully saturated rings. The van der Waals surface area contributed by atoms with Crippen LogP contribution in [-0.2, 0) is 4.79 Å². The van der Waals surface area contributed by atoms with Crippen molar-refractivity contribution in [3.63, 3.8) is 0 Å². The second kappa shape index (κ2) is 52.0. The molecule has 6 nitrogen and oxygen atoms in total. The van der Waals surface area contributed by atoms with Gasteiger partial charge in [0.2, 0.25) is 5.91 Å². The smallest absolute Gasteiger partial charge is 0.249 e. The van der Waals surface area contributed by atoms with E-state index in [1.807, 2.05) is 0 Å². The second-order valence-corrected chi connectivity index (χ2v) is 20.0. The molecule has 0 saturated carbocycles. The number of hydrogen-bond acceptors (Lipinski definition) is 5. The van der Waals surface area contributed by atoms with Gasteiger partial charge < -0.3 is 25.7 Å². The first-order chi connectivity index (χ1) is 31.0. The third kappa shape index (κ3) is 46.0. The van der Waals surface area contributed by atoms with Gasteiger partial charge in [0, 0.05) is 0 Å². The Balaban J connectivity index is 3.47. The molecule has 0 aliphatic heterocycles. The van der Waals surface area contributed by atoms with E-state index in [0.717, 1.165) is 38.5 Å². The number of amides is 1. The number of allylic oxidation sites excluding steroid dienone is 2. The molecule has 376 valence electrons. The van der Waals surface area contributed by atoms with Crippen LogP contribution in [0.3, 0.4) is 0 Å². The molecular weight excluding hydrogens is 779 g/mol. The zero-order chi connectivity index (χ0) is 45.9. The number of unbranched alkanes of at least 4 members (excludes halogenated alkanes) is 42. The molecule has 0 spiro atoms. The average Bonchev–Trinajstić information content (AvgIpc) is 3.29. The summed E-state index contributed by atoms with van der Waals surface area (Å²) >= 11 is 0. The maximum atomic E-state index is 12.5. The highest BCUT2D eigenvalue weighted by Gasteiger charge is 2.28. The van der Waals surface area contributed by atoms with Crippen molar-refractivity contribution in [1.82, 2.24) is 5.32 Å². The number of aliphatic hydroxyl groups excluding tert-OH is 4. The van der Waals surface area contributed by atoms with Crippen LogP contribution in [0.1, 0.15) is 316 Å². The van der Waals surface area contributed by atoms with Crippen LogP contribution in [-0.4, -0.2) is 57.3 Å². The lowest BCUT2D eigenvalue weighted by atomic mass is 10.00. The van der Waals surface area contributed by atoms with Crippen LogP contribution in [0.5, 0.6) is 0 Å². The van der Waals surface area contributed by atoms with Crippen molar-refractivity contribution in [2.75, 3.05) is 6.61 Å². The summed E-state index contributed by atoms with van der Waals surface area (Å²) in [6, 6.07) is -0.997. The van der Waals surface area contributed by atoms with Crippen LogP contribution in [0.4, 0.5) is 0 Å². The minimum Gasteiger partial charge on any atom is -0.394 e. The fourth-order valence-corrected chi connectivity index (χ4v) is 9.23. The van der Waals surface area contributed by atoms with Crippen LogP contribution >= 0.6 is 0 Å². The number of aliphatic hydroxyl groups is 4. The van der Waals surface area contributed by atoms with Crippen molar-refractivity contribution >= 4 is 5.91 Å². The molecule has 6 heteroatoms. The maximum Gasteiger partial charge on any atom is 0.249 e. The highest BCUT2D eigenvalue weighted by atomic mass is 16.3. The lowest BCUT2D eigenvalue weighted by Gasteiger charge is -2.27. The quantitative estimate of drug-likeness (QED) is 0.0309. The van der Waals surface area contributed by atoms with E-state index in [1.54, 1.807) is 0 Å². The number of carbonyl (C=O) groups is 1. The van der Waals surface area contributed by atoms with Gasteiger partial charge in [-0.05, 0) is 38.5 Å². The minimum atomic E-state index is -1.28. The number of hydrogen-bond donors (Lipinski definition) is 5. The number of rotatable bonds is 53. The molecule has 0 radical (unpaired) electrons. The van der Waals surface area contributed by atoms with E-state index < -0.39 is 36.9 Å². The molecule has 0 bridgehead atoms. The summed E-state index contributed by atoms with van der Waals surface area (Å²) in [6.45, 7) is 4.04. The molecule has 0 aliphatic rings. The molecule has 0 heterocycles. The predicted molar refractivity (Wildman–Crippen MR) is 275 cm³/mol. The number of nitrogens with one attached hydrogen (secondary N) is 1. The monoisotopic (exact) mass is 892 g/mol. The summed E-state index contributed by atoms with van der Waals surface area (Å²) in [5.74, 6) is -0.589. The Morgan fingerprint density at radius 1 is 0.381 bits per heavy atom. The van der Waals surface area contributed by atoms with Gasteiger partial charge in [0.05, 0.1) is 18.8 Å². The van der Waals surface area contributed by atoms with Gasteiger partial charge in [-0.3, -0.25) is 4.79 Å². The van der Waals surface area contributed by atoms with E-state index in [-0.39, 0.29) is 0 Å². The number of carbonyl (C=O) groups excluding carboxylic acids is 1. The average molecular weight is 893 g/mol. The van der Waals surface area contributed by atoms with Crippen molar-refractivity contribution in [2.45, 2.75) is 340 Å². The first-order valence-electron chi connectivity index (χ1n) is 28.6. The molecular formula is C57H113NO5. The third-order valence-electron chi connectivity index (χ3n) is 13.7. The van der Waals surface area contributed by atoms with Crippen LogP contribution in [0.15, 0.2) is 12.2 Å². The van der Waals surface area contributed by atoms with E-state index in [9.17, 15) is 25.2 Å².